The molecule has 0 aliphatic carbocycles. The van der Waals surface area contributed by atoms with Crippen molar-refractivity contribution in [3.63, 3.8) is 0 Å². The standard InChI is InChI=1S/C51H82N10O17/c1-36(19-20-44(65)66)54-51(78)57-39(50(76)77)16-10-12-22-53-42(63)18-8-3-2-7-17-41(62)52-21-11-9-15-38(49(74)75)56-48(73)40(31-37-13-5-4-6-14-37)55-43(64)32-58-23-25-59(33-45(67)68)27-29-61(35-47(71)72)30-28-60(26-24-58)34-46(69)70/h4-6,13-14,36,38-40H,2-3,7-12,15-35H2,1H3,(H,52,62)(H,53,63)(H,55,64)(H,56,73)(H,65,66)(H,67,68)(H,69,70)(H,71,72)(H,74,75)(H,76,77)(H2,54,57,78)/t36-,38?,39+,40?/m1/s1. The number of benzene rings is 1. The zero-order chi connectivity index (χ0) is 57.8. The van der Waals surface area contributed by atoms with Gasteiger partial charge in [0.2, 0.25) is 23.6 Å². The number of nitrogens with one attached hydrogen (secondary N) is 6. The molecule has 1 aromatic rings. The SMILES string of the molecule is C[C@H](CCC(=O)O)NC(=O)N[C@@H](CCCCNC(=O)CCCCCCC(=O)NCCCCC(NC(=O)C(Cc1ccccc1)NC(=O)CN1CCN(CC(=O)O)CCN(CC(=O)O)CCN(CC(=O)O)CC1)C(=O)O)C(=O)O. The molecule has 1 aliphatic heterocycles. The number of rotatable bonds is 37. The highest BCUT2D eigenvalue weighted by molar-refractivity contribution is 5.91. The lowest BCUT2D eigenvalue weighted by molar-refractivity contribution is -0.142. The molecule has 27 nitrogen and oxygen atoms in total. The molecular formula is C51H82N10O17. The van der Waals surface area contributed by atoms with Crippen molar-refractivity contribution in [3.05, 3.63) is 35.9 Å². The summed E-state index contributed by atoms with van der Waals surface area (Å²) in [5, 5.41) is 72.7. The van der Waals surface area contributed by atoms with Gasteiger partial charge in [0.25, 0.3) is 0 Å². The van der Waals surface area contributed by atoms with Gasteiger partial charge in [0, 0.05) is 97.2 Å². The van der Waals surface area contributed by atoms with Crippen LogP contribution in [0.15, 0.2) is 30.3 Å². The lowest BCUT2D eigenvalue weighted by atomic mass is 10.0. The Morgan fingerprint density at radius 2 is 0.859 bits per heavy atom. The first-order valence-corrected chi connectivity index (χ1v) is 26.6. The van der Waals surface area contributed by atoms with E-state index in [2.05, 4.69) is 31.9 Å². The van der Waals surface area contributed by atoms with E-state index in [0.29, 0.717) is 63.5 Å². The molecule has 4 atom stereocenters. The predicted octanol–water partition coefficient (Wildman–Crippen LogP) is -0.322. The lowest BCUT2D eigenvalue weighted by Gasteiger charge is -2.33. The normalized spacial score (nSPS) is 15.6. The summed E-state index contributed by atoms with van der Waals surface area (Å²) in [5.74, 6) is -8.48. The molecule has 0 bridgehead atoms. The number of carbonyl (C=O) groups excluding carboxylic acids is 5. The molecule has 1 aliphatic rings. The molecule has 2 rings (SSSR count). The van der Waals surface area contributed by atoms with E-state index in [1.807, 2.05) is 0 Å². The molecule has 27 heteroatoms. The van der Waals surface area contributed by atoms with E-state index in [4.69, 9.17) is 5.11 Å². The van der Waals surface area contributed by atoms with Crippen LogP contribution < -0.4 is 31.9 Å². The van der Waals surface area contributed by atoms with Gasteiger partial charge in [-0.1, -0.05) is 43.2 Å². The van der Waals surface area contributed by atoms with Gasteiger partial charge < -0.3 is 62.5 Å². The van der Waals surface area contributed by atoms with Gasteiger partial charge in [-0.15, -0.1) is 0 Å². The zero-order valence-electron chi connectivity index (χ0n) is 44.7. The van der Waals surface area contributed by atoms with Gasteiger partial charge >= 0.3 is 41.8 Å². The molecule has 2 unspecified atom stereocenters. The first kappa shape index (κ1) is 67.1. The minimum Gasteiger partial charge on any atom is -0.481 e. The molecule has 0 saturated carbocycles. The summed E-state index contributed by atoms with van der Waals surface area (Å²) in [4.78, 5) is 141. The first-order chi connectivity index (χ1) is 37.1. The number of amides is 6. The van der Waals surface area contributed by atoms with Crippen molar-refractivity contribution in [3.8, 4) is 0 Å². The van der Waals surface area contributed by atoms with Crippen LogP contribution in [0.3, 0.4) is 0 Å². The molecule has 1 aromatic carbocycles. The minimum absolute atomic E-state index is 0.0175. The Hall–Kier alpha value is -6.97. The van der Waals surface area contributed by atoms with E-state index in [0.717, 1.165) is 0 Å². The van der Waals surface area contributed by atoms with Gasteiger partial charge in [-0.25, -0.2) is 14.4 Å². The molecule has 438 valence electrons. The topological polar surface area (TPSA) is 394 Å². The number of unbranched alkanes of at least 4 members (excludes halogenated alkanes) is 5. The predicted molar refractivity (Wildman–Crippen MR) is 281 cm³/mol. The van der Waals surface area contributed by atoms with Crippen molar-refractivity contribution in [1.29, 1.82) is 0 Å². The van der Waals surface area contributed by atoms with Crippen LogP contribution in [0.25, 0.3) is 0 Å². The second kappa shape index (κ2) is 38.6. The van der Waals surface area contributed by atoms with E-state index in [1.165, 1.54) is 0 Å². The lowest BCUT2D eigenvalue weighted by Crippen LogP contribution is -2.54. The Morgan fingerprint density at radius 1 is 0.436 bits per heavy atom. The average molecular weight is 1110 g/mol. The van der Waals surface area contributed by atoms with Crippen molar-refractivity contribution in [1.82, 2.24) is 51.5 Å². The highest BCUT2D eigenvalue weighted by atomic mass is 16.4. The molecular weight excluding hydrogens is 1020 g/mol. The molecule has 78 heavy (non-hydrogen) atoms. The number of hydrogen-bond acceptors (Lipinski definition) is 15. The van der Waals surface area contributed by atoms with E-state index < -0.39 is 77.8 Å². The smallest absolute Gasteiger partial charge is 0.326 e. The van der Waals surface area contributed by atoms with Crippen LogP contribution >= 0.6 is 0 Å². The molecule has 1 heterocycles. The Labute approximate surface area is 454 Å². The fourth-order valence-corrected chi connectivity index (χ4v) is 8.41. The fourth-order valence-electron chi connectivity index (χ4n) is 8.41. The number of carbonyl (C=O) groups is 11. The minimum atomic E-state index is -1.32. The molecule has 1 saturated heterocycles. The van der Waals surface area contributed by atoms with Crippen molar-refractivity contribution in [2.24, 2.45) is 0 Å². The summed E-state index contributed by atoms with van der Waals surface area (Å²) in [6, 6.07) is 3.94. The highest BCUT2D eigenvalue weighted by Crippen LogP contribution is 2.10. The van der Waals surface area contributed by atoms with Gasteiger partial charge in [-0.05, 0) is 70.3 Å². The Balaban J connectivity index is 1.81. The summed E-state index contributed by atoms with van der Waals surface area (Å²) in [6.07, 6.45) is 5.03. The van der Waals surface area contributed by atoms with Gasteiger partial charge in [0.1, 0.15) is 18.1 Å². The fraction of sp³-hybridized carbons (Fsp3) is 0.667. The molecule has 12 N–H and O–H groups in total. The quantitative estimate of drug-likeness (QED) is 0.0380. The van der Waals surface area contributed by atoms with Gasteiger partial charge in [-0.2, -0.15) is 0 Å². The molecule has 1 fully saturated rings. The van der Waals surface area contributed by atoms with Crippen LogP contribution in [0.1, 0.15) is 102 Å². The van der Waals surface area contributed by atoms with Crippen LogP contribution in [0.4, 0.5) is 4.79 Å². The van der Waals surface area contributed by atoms with Gasteiger partial charge in [-0.3, -0.25) is 58.0 Å². The maximum absolute atomic E-state index is 13.8. The van der Waals surface area contributed by atoms with Crippen molar-refractivity contribution >= 4 is 65.5 Å². The zero-order valence-corrected chi connectivity index (χ0v) is 44.7. The Bertz CT molecular complexity index is 2050. The summed E-state index contributed by atoms with van der Waals surface area (Å²) in [6.45, 7) is 2.36. The van der Waals surface area contributed by atoms with E-state index >= 15 is 0 Å². The number of nitrogens with zero attached hydrogens (tertiary/aromatic N) is 4. The largest absolute Gasteiger partial charge is 0.481 e. The molecule has 6 amide bonds. The van der Waals surface area contributed by atoms with Gasteiger partial charge in [0.15, 0.2) is 0 Å². The molecule has 0 aromatic heterocycles. The van der Waals surface area contributed by atoms with Crippen LogP contribution in [-0.4, -0.2) is 232 Å². The van der Waals surface area contributed by atoms with E-state index in [1.54, 1.807) is 56.9 Å². The maximum atomic E-state index is 13.8. The summed E-state index contributed by atoms with van der Waals surface area (Å²) in [7, 11) is 0. The summed E-state index contributed by atoms with van der Waals surface area (Å²) < 4.78 is 0. The van der Waals surface area contributed by atoms with Gasteiger partial charge in [0.05, 0.1) is 26.2 Å². The van der Waals surface area contributed by atoms with Crippen LogP contribution in [0, 0.1) is 0 Å². The third kappa shape index (κ3) is 32.6. The highest BCUT2D eigenvalue weighted by Gasteiger charge is 2.29. The third-order valence-corrected chi connectivity index (χ3v) is 12.7. The number of hydrogen-bond donors (Lipinski definition) is 12. The van der Waals surface area contributed by atoms with Crippen molar-refractivity contribution in [2.75, 3.05) is 91.6 Å². The molecule has 0 radical (unpaired) electrons. The second-order valence-corrected chi connectivity index (χ2v) is 19.4. The van der Waals surface area contributed by atoms with Crippen molar-refractivity contribution < 1.29 is 83.4 Å². The second-order valence-electron chi connectivity index (χ2n) is 19.4. The number of carboxylic acids is 6. The van der Waals surface area contributed by atoms with Crippen molar-refractivity contribution in [2.45, 2.75) is 127 Å². The third-order valence-electron chi connectivity index (χ3n) is 12.7. The first-order valence-electron chi connectivity index (χ1n) is 26.6. The van der Waals surface area contributed by atoms with Crippen LogP contribution in [0.5, 0.6) is 0 Å². The average Bonchev–Trinajstić information content (AvgIpc) is 3.36. The van der Waals surface area contributed by atoms with E-state index in [9.17, 15) is 78.3 Å². The number of aliphatic carboxylic acids is 6. The summed E-state index contributed by atoms with van der Waals surface area (Å²) >= 11 is 0. The van der Waals surface area contributed by atoms with Crippen LogP contribution in [-0.2, 0) is 54.4 Å². The Kier molecular flexibility index (Phi) is 33.2. The molecule has 0 spiro atoms. The monoisotopic (exact) mass is 1110 g/mol. The number of carboxylic acid groups (broad SMARTS) is 6. The Morgan fingerprint density at radius 3 is 1.27 bits per heavy atom. The number of urea groups is 1. The van der Waals surface area contributed by atoms with E-state index in [-0.39, 0.29) is 142 Å². The summed E-state index contributed by atoms with van der Waals surface area (Å²) in [5.41, 5.74) is 0.681. The van der Waals surface area contributed by atoms with Crippen LogP contribution in [0.2, 0.25) is 0 Å². The maximum Gasteiger partial charge on any atom is 0.326 e.